The summed E-state index contributed by atoms with van der Waals surface area (Å²) in [6.07, 6.45) is 6.22. The number of alkyl halides is 1. The highest BCUT2D eigenvalue weighted by Crippen LogP contribution is 2.30. The lowest BCUT2D eigenvalue weighted by Gasteiger charge is -2.33. The van der Waals surface area contributed by atoms with Crippen LogP contribution in [0.15, 0.2) is 36.0 Å². The lowest BCUT2D eigenvalue weighted by molar-refractivity contribution is -0.160. The summed E-state index contributed by atoms with van der Waals surface area (Å²) in [4.78, 5) is 60.2. The van der Waals surface area contributed by atoms with E-state index in [1.54, 1.807) is 12.2 Å². The van der Waals surface area contributed by atoms with Crippen molar-refractivity contribution in [2.24, 2.45) is 17.8 Å². The molecule has 0 spiro atoms. The highest BCUT2D eigenvalue weighted by Gasteiger charge is 2.36. The van der Waals surface area contributed by atoms with Crippen LogP contribution in [0, 0.1) is 17.8 Å². The van der Waals surface area contributed by atoms with Gasteiger partial charge in [-0.3, -0.25) is 24.0 Å². The maximum absolute atomic E-state index is 13.1. The molecule has 0 saturated carbocycles. The molecular weight excluding hydrogens is 644 g/mol. The second kappa shape index (κ2) is 20.4. The Bertz CT molecular complexity index is 1190. The standard InChI is InChI=1S/C36H55ClO11/c1-11-30(45-26(7)39)24(5)34(37)31(46-27(8)40)19-21(2)13-12-14-22(3)35-23(4)15-16-32(47-28(9)41)36(10,43)18-17-29(44-25(6)38)20-33(42)48-35/h12-16,21,23-24,29-32,34-35,43H,11,17-20H2,1-10H3/b13-12+,16-15+,22-14+. The molecule has 1 aliphatic heterocycles. The summed E-state index contributed by atoms with van der Waals surface area (Å²) in [6.45, 7) is 16.0. The van der Waals surface area contributed by atoms with Gasteiger partial charge in [0.15, 0.2) is 0 Å². The van der Waals surface area contributed by atoms with Crippen LogP contribution in [0.4, 0.5) is 0 Å². The van der Waals surface area contributed by atoms with Crippen molar-refractivity contribution in [1.29, 1.82) is 0 Å². The Kier molecular flexibility index (Phi) is 18.2. The van der Waals surface area contributed by atoms with Gasteiger partial charge in [-0.2, -0.15) is 0 Å². The van der Waals surface area contributed by atoms with E-state index in [9.17, 15) is 29.1 Å². The molecule has 10 unspecified atom stereocenters. The maximum Gasteiger partial charge on any atom is 0.310 e. The third kappa shape index (κ3) is 15.4. The number of rotatable bonds is 13. The minimum Gasteiger partial charge on any atom is -0.462 e. The van der Waals surface area contributed by atoms with Crippen molar-refractivity contribution in [3.8, 4) is 0 Å². The van der Waals surface area contributed by atoms with Crippen molar-refractivity contribution in [2.45, 2.75) is 143 Å². The van der Waals surface area contributed by atoms with Crippen molar-refractivity contribution >= 4 is 41.4 Å². The summed E-state index contributed by atoms with van der Waals surface area (Å²) in [5.41, 5.74) is -0.793. The zero-order valence-electron chi connectivity index (χ0n) is 30.0. The Morgan fingerprint density at radius 2 is 1.58 bits per heavy atom. The molecule has 0 aromatic rings. The van der Waals surface area contributed by atoms with Crippen LogP contribution in [0.1, 0.15) is 101 Å². The predicted octanol–water partition coefficient (Wildman–Crippen LogP) is 5.93. The van der Waals surface area contributed by atoms with Crippen LogP contribution >= 0.6 is 11.6 Å². The normalized spacial score (nSPS) is 27.9. The smallest absolute Gasteiger partial charge is 0.310 e. The fourth-order valence-electron chi connectivity index (χ4n) is 5.67. The van der Waals surface area contributed by atoms with E-state index in [1.807, 2.05) is 52.8 Å². The first-order valence-electron chi connectivity index (χ1n) is 16.5. The van der Waals surface area contributed by atoms with Gasteiger partial charge < -0.3 is 28.8 Å². The Labute approximate surface area is 290 Å². The van der Waals surface area contributed by atoms with Crippen LogP contribution in [-0.2, 0) is 47.7 Å². The monoisotopic (exact) mass is 698 g/mol. The average Bonchev–Trinajstić information content (AvgIpc) is 2.96. The molecule has 1 aliphatic rings. The molecule has 1 heterocycles. The number of carbonyl (C=O) groups excluding carboxylic acids is 5. The van der Waals surface area contributed by atoms with E-state index >= 15 is 0 Å². The van der Waals surface area contributed by atoms with Gasteiger partial charge in [0, 0.05) is 39.5 Å². The molecule has 0 aromatic heterocycles. The van der Waals surface area contributed by atoms with Crippen LogP contribution in [0.5, 0.6) is 0 Å². The van der Waals surface area contributed by atoms with Crippen molar-refractivity contribution in [1.82, 2.24) is 0 Å². The molecule has 0 bridgehead atoms. The SMILES string of the molecule is CCC(OC(C)=O)C(C)C(Cl)C(CC(C)/C=C/C=C(\C)C1OC(=O)CC(OC(C)=O)CCC(C)(O)C(OC(C)=O)/C=C/C1C)OC(C)=O. The zero-order valence-corrected chi connectivity index (χ0v) is 30.8. The number of hydrogen-bond acceptors (Lipinski definition) is 11. The molecule has 0 fully saturated rings. The quantitative estimate of drug-likeness (QED) is 0.0800. The zero-order chi connectivity index (χ0) is 36.8. The van der Waals surface area contributed by atoms with E-state index in [4.69, 9.17) is 35.3 Å². The minimum atomic E-state index is -1.50. The number of halogens is 1. The predicted molar refractivity (Wildman–Crippen MR) is 181 cm³/mol. The van der Waals surface area contributed by atoms with Crippen molar-refractivity contribution < 1.29 is 52.8 Å². The molecular formula is C36H55ClO11. The van der Waals surface area contributed by atoms with E-state index in [0.717, 1.165) is 0 Å². The number of hydrogen-bond donors (Lipinski definition) is 1. The Hall–Kier alpha value is -3.18. The largest absolute Gasteiger partial charge is 0.462 e. The minimum absolute atomic E-state index is 0.0898. The number of allylic oxidation sites excluding steroid dienone is 3. The van der Waals surface area contributed by atoms with Gasteiger partial charge in [-0.25, -0.2) is 0 Å². The van der Waals surface area contributed by atoms with Gasteiger partial charge in [0.1, 0.15) is 36.1 Å². The van der Waals surface area contributed by atoms with Gasteiger partial charge in [0.25, 0.3) is 0 Å². The molecule has 1 rings (SSSR count). The fourth-order valence-corrected chi connectivity index (χ4v) is 5.98. The van der Waals surface area contributed by atoms with E-state index in [0.29, 0.717) is 18.4 Å². The summed E-state index contributed by atoms with van der Waals surface area (Å²) in [5.74, 6) is -3.35. The second-order valence-corrected chi connectivity index (χ2v) is 13.5. The number of esters is 5. The number of aliphatic hydroxyl groups is 1. The van der Waals surface area contributed by atoms with Gasteiger partial charge in [-0.05, 0) is 57.1 Å². The lowest BCUT2D eigenvalue weighted by Crippen LogP contribution is -2.42. The van der Waals surface area contributed by atoms with Gasteiger partial charge in [-0.1, -0.05) is 52.0 Å². The maximum atomic E-state index is 13.1. The van der Waals surface area contributed by atoms with E-state index in [-0.39, 0.29) is 31.1 Å². The molecule has 0 aromatic carbocycles. The van der Waals surface area contributed by atoms with Crippen LogP contribution in [0.25, 0.3) is 0 Å². The van der Waals surface area contributed by atoms with Crippen molar-refractivity contribution in [3.05, 3.63) is 36.0 Å². The van der Waals surface area contributed by atoms with Crippen LogP contribution in [0.2, 0.25) is 0 Å². The first-order valence-corrected chi connectivity index (χ1v) is 17.0. The van der Waals surface area contributed by atoms with E-state index < -0.39 is 77.3 Å². The van der Waals surface area contributed by atoms with Gasteiger partial charge in [0.2, 0.25) is 0 Å². The molecule has 0 saturated heterocycles. The molecule has 1 N–H and O–H groups in total. The number of carbonyl (C=O) groups is 5. The average molecular weight is 699 g/mol. The Morgan fingerprint density at radius 3 is 2.12 bits per heavy atom. The van der Waals surface area contributed by atoms with E-state index in [2.05, 4.69) is 0 Å². The Morgan fingerprint density at radius 1 is 1.00 bits per heavy atom. The second-order valence-electron chi connectivity index (χ2n) is 13.0. The third-order valence-corrected chi connectivity index (χ3v) is 8.94. The van der Waals surface area contributed by atoms with Gasteiger partial charge in [-0.15, -0.1) is 11.6 Å². The number of cyclic esters (lactones) is 1. The highest BCUT2D eigenvalue weighted by molar-refractivity contribution is 6.21. The molecule has 10 atom stereocenters. The highest BCUT2D eigenvalue weighted by atomic mass is 35.5. The Balaban J connectivity index is 3.29. The molecule has 0 aliphatic carbocycles. The van der Waals surface area contributed by atoms with Crippen LogP contribution < -0.4 is 0 Å². The van der Waals surface area contributed by atoms with E-state index in [1.165, 1.54) is 34.6 Å². The third-order valence-electron chi connectivity index (χ3n) is 8.26. The van der Waals surface area contributed by atoms with Crippen molar-refractivity contribution in [2.75, 3.05) is 0 Å². The molecule has 0 radical (unpaired) electrons. The molecule has 272 valence electrons. The van der Waals surface area contributed by atoms with Gasteiger partial charge >= 0.3 is 29.8 Å². The van der Waals surface area contributed by atoms with Crippen LogP contribution in [-0.4, -0.2) is 76.5 Å². The molecule has 48 heavy (non-hydrogen) atoms. The number of ether oxygens (including phenoxy) is 5. The summed E-state index contributed by atoms with van der Waals surface area (Å²) in [7, 11) is 0. The first kappa shape index (κ1) is 42.8. The summed E-state index contributed by atoms with van der Waals surface area (Å²) < 4.78 is 27.7. The van der Waals surface area contributed by atoms with Crippen LogP contribution in [0.3, 0.4) is 0 Å². The topological polar surface area (TPSA) is 152 Å². The molecule has 12 heteroatoms. The fraction of sp³-hybridized carbons (Fsp3) is 0.694. The summed E-state index contributed by atoms with van der Waals surface area (Å²) in [6, 6.07) is 0. The summed E-state index contributed by atoms with van der Waals surface area (Å²) in [5, 5.41) is 10.6. The lowest BCUT2D eigenvalue weighted by atomic mass is 9.88. The first-order chi connectivity index (χ1) is 22.3. The molecule has 11 nitrogen and oxygen atoms in total. The van der Waals surface area contributed by atoms with Crippen molar-refractivity contribution in [3.63, 3.8) is 0 Å². The molecule has 0 amide bonds. The van der Waals surface area contributed by atoms with Gasteiger partial charge in [0.05, 0.1) is 11.8 Å². The summed E-state index contributed by atoms with van der Waals surface area (Å²) >= 11 is 6.80.